The molecule has 1 rings (SSSR count). The van der Waals surface area contributed by atoms with Gasteiger partial charge in [-0.2, -0.15) is 11.8 Å². The van der Waals surface area contributed by atoms with Crippen LogP contribution in [0.15, 0.2) is 22.8 Å². The number of hydrogen-bond acceptors (Lipinski definition) is 3. The number of rotatable bonds is 5. The molecule has 1 aromatic rings. The monoisotopic (exact) mass is 185 g/mol. The zero-order valence-electron chi connectivity index (χ0n) is 7.32. The molecule has 0 bridgehead atoms. The van der Waals surface area contributed by atoms with E-state index < -0.39 is 0 Å². The minimum absolute atomic E-state index is 0.547. The first kappa shape index (κ1) is 9.68. The van der Waals surface area contributed by atoms with Crippen LogP contribution >= 0.6 is 11.8 Å². The third-order valence-electron chi connectivity index (χ3n) is 1.81. The molecule has 1 heterocycles. The Kier molecular flexibility index (Phi) is 4.25. The van der Waals surface area contributed by atoms with Crippen molar-refractivity contribution in [3.05, 3.63) is 24.2 Å². The topological polar surface area (TPSA) is 39.2 Å². The molecule has 0 spiro atoms. The van der Waals surface area contributed by atoms with Crippen molar-refractivity contribution < 1.29 is 4.42 Å². The molecule has 0 aliphatic rings. The highest BCUT2D eigenvalue weighted by molar-refractivity contribution is 7.98. The fourth-order valence-corrected chi connectivity index (χ4v) is 1.88. The van der Waals surface area contributed by atoms with Crippen LogP contribution in [0, 0.1) is 5.92 Å². The van der Waals surface area contributed by atoms with E-state index in [1.165, 1.54) is 0 Å². The van der Waals surface area contributed by atoms with Gasteiger partial charge in [-0.1, -0.05) is 0 Å². The smallest absolute Gasteiger partial charge is 0.104 e. The lowest BCUT2D eigenvalue weighted by Gasteiger charge is -2.10. The van der Waals surface area contributed by atoms with Gasteiger partial charge >= 0.3 is 0 Å². The molecule has 1 unspecified atom stereocenters. The average Bonchev–Trinajstić information content (AvgIpc) is 2.56. The second-order valence-electron chi connectivity index (χ2n) is 2.84. The summed E-state index contributed by atoms with van der Waals surface area (Å²) in [7, 11) is 0. The Hall–Kier alpha value is -0.410. The van der Waals surface area contributed by atoms with E-state index in [4.69, 9.17) is 10.2 Å². The summed E-state index contributed by atoms with van der Waals surface area (Å²) >= 11 is 1.83. The van der Waals surface area contributed by atoms with Gasteiger partial charge in [0, 0.05) is 6.42 Å². The highest BCUT2D eigenvalue weighted by Gasteiger charge is 2.08. The van der Waals surface area contributed by atoms with Gasteiger partial charge in [-0.3, -0.25) is 0 Å². The number of hydrogen-bond donors (Lipinski definition) is 1. The van der Waals surface area contributed by atoms with Crippen molar-refractivity contribution in [3.63, 3.8) is 0 Å². The second kappa shape index (κ2) is 5.27. The quantitative estimate of drug-likeness (QED) is 0.759. The van der Waals surface area contributed by atoms with Crippen LogP contribution in [0.3, 0.4) is 0 Å². The number of nitrogens with two attached hydrogens (primary N) is 1. The summed E-state index contributed by atoms with van der Waals surface area (Å²) in [5.41, 5.74) is 5.62. The summed E-state index contributed by atoms with van der Waals surface area (Å²) in [6, 6.07) is 3.92. The van der Waals surface area contributed by atoms with Crippen LogP contribution in [0.25, 0.3) is 0 Å². The van der Waals surface area contributed by atoms with Crippen LogP contribution in [0.1, 0.15) is 5.76 Å². The Morgan fingerprint density at radius 1 is 1.67 bits per heavy atom. The number of furan rings is 1. The van der Waals surface area contributed by atoms with Crippen LogP contribution in [0.5, 0.6) is 0 Å². The molecule has 0 aromatic carbocycles. The van der Waals surface area contributed by atoms with Gasteiger partial charge in [0.25, 0.3) is 0 Å². The molecule has 1 aromatic heterocycles. The van der Waals surface area contributed by atoms with Crippen LogP contribution in [0.2, 0.25) is 0 Å². The maximum absolute atomic E-state index is 5.62. The van der Waals surface area contributed by atoms with E-state index >= 15 is 0 Å². The molecule has 3 heteroatoms. The van der Waals surface area contributed by atoms with E-state index in [9.17, 15) is 0 Å². The van der Waals surface area contributed by atoms with Crippen LogP contribution < -0.4 is 5.73 Å². The molecule has 0 fully saturated rings. The third-order valence-corrected chi connectivity index (χ3v) is 2.61. The Morgan fingerprint density at radius 3 is 3.00 bits per heavy atom. The molecule has 0 aliphatic heterocycles. The van der Waals surface area contributed by atoms with Crippen molar-refractivity contribution in [2.24, 2.45) is 11.7 Å². The van der Waals surface area contributed by atoms with E-state index in [0.29, 0.717) is 5.92 Å². The van der Waals surface area contributed by atoms with Crippen molar-refractivity contribution in [1.29, 1.82) is 0 Å². The molecule has 12 heavy (non-hydrogen) atoms. The first-order chi connectivity index (χ1) is 5.86. The lowest BCUT2D eigenvalue weighted by atomic mass is 10.1. The predicted molar refractivity (Wildman–Crippen MR) is 53.3 cm³/mol. The lowest BCUT2D eigenvalue weighted by Crippen LogP contribution is -2.18. The zero-order chi connectivity index (χ0) is 8.81. The Morgan fingerprint density at radius 2 is 2.50 bits per heavy atom. The van der Waals surface area contributed by atoms with Gasteiger partial charge in [0.05, 0.1) is 6.26 Å². The van der Waals surface area contributed by atoms with Gasteiger partial charge in [-0.15, -0.1) is 0 Å². The largest absolute Gasteiger partial charge is 0.469 e. The van der Waals surface area contributed by atoms with E-state index in [0.717, 1.165) is 24.5 Å². The predicted octanol–water partition coefficient (Wildman–Crippen LogP) is 1.76. The summed E-state index contributed by atoms with van der Waals surface area (Å²) < 4.78 is 5.25. The highest BCUT2D eigenvalue weighted by Crippen LogP contribution is 2.12. The van der Waals surface area contributed by atoms with Gasteiger partial charge in [0.1, 0.15) is 5.76 Å². The van der Waals surface area contributed by atoms with E-state index in [2.05, 4.69) is 6.26 Å². The third kappa shape index (κ3) is 2.91. The fourth-order valence-electron chi connectivity index (χ4n) is 1.16. The van der Waals surface area contributed by atoms with Gasteiger partial charge < -0.3 is 10.2 Å². The Labute approximate surface area is 77.5 Å². The first-order valence-electron chi connectivity index (χ1n) is 4.08. The van der Waals surface area contributed by atoms with Crippen molar-refractivity contribution >= 4 is 11.8 Å². The normalized spacial score (nSPS) is 13.2. The van der Waals surface area contributed by atoms with Crippen molar-refractivity contribution in [2.45, 2.75) is 6.42 Å². The number of thioether (sulfide) groups is 1. The summed E-state index contributed by atoms with van der Waals surface area (Å²) in [5, 5.41) is 0. The molecule has 2 nitrogen and oxygen atoms in total. The minimum atomic E-state index is 0.547. The zero-order valence-corrected chi connectivity index (χ0v) is 8.14. The Bertz CT molecular complexity index is 198. The van der Waals surface area contributed by atoms with Gasteiger partial charge in [-0.25, -0.2) is 0 Å². The molecule has 2 N–H and O–H groups in total. The molecule has 0 aliphatic carbocycles. The first-order valence-corrected chi connectivity index (χ1v) is 5.47. The summed E-state index contributed by atoms with van der Waals surface area (Å²) in [4.78, 5) is 0. The van der Waals surface area contributed by atoms with E-state index in [1.54, 1.807) is 6.26 Å². The molecular formula is C9H15NOS. The maximum Gasteiger partial charge on any atom is 0.104 e. The summed E-state index contributed by atoms with van der Waals surface area (Å²) in [6.07, 6.45) is 4.77. The highest BCUT2D eigenvalue weighted by atomic mass is 32.2. The Balaban J connectivity index is 2.37. The van der Waals surface area contributed by atoms with Crippen LogP contribution in [-0.4, -0.2) is 18.6 Å². The molecule has 0 saturated heterocycles. The standard InChI is InChI=1S/C9H15NOS/c1-12-7-8(6-10)5-9-3-2-4-11-9/h2-4,8H,5-7,10H2,1H3. The molecule has 0 radical (unpaired) electrons. The van der Waals surface area contributed by atoms with E-state index in [1.807, 2.05) is 23.9 Å². The van der Waals surface area contributed by atoms with Crippen molar-refractivity contribution in [2.75, 3.05) is 18.6 Å². The van der Waals surface area contributed by atoms with E-state index in [-0.39, 0.29) is 0 Å². The molecule has 0 amide bonds. The summed E-state index contributed by atoms with van der Waals surface area (Å²) in [5.74, 6) is 2.70. The van der Waals surface area contributed by atoms with Crippen LogP contribution in [0.4, 0.5) is 0 Å². The van der Waals surface area contributed by atoms with Gasteiger partial charge in [0.2, 0.25) is 0 Å². The second-order valence-corrected chi connectivity index (χ2v) is 3.75. The van der Waals surface area contributed by atoms with Gasteiger partial charge in [-0.05, 0) is 36.6 Å². The maximum atomic E-state index is 5.62. The van der Waals surface area contributed by atoms with Crippen molar-refractivity contribution in [3.8, 4) is 0 Å². The molecular weight excluding hydrogens is 170 g/mol. The average molecular weight is 185 g/mol. The fraction of sp³-hybridized carbons (Fsp3) is 0.556. The van der Waals surface area contributed by atoms with Gasteiger partial charge in [0.15, 0.2) is 0 Å². The molecule has 68 valence electrons. The lowest BCUT2D eigenvalue weighted by molar-refractivity contribution is 0.464. The molecule has 1 atom stereocenters. The minimum Gasteiger partial charge on any atom is -0.469 e. The van der Waals surface area contributed by atoms with Crippen molar-refractivity contribution in [1.82, 2.24) is 0 Å². The molecule has 0 saturated carbocycles. The SMILES string of the molecule is CSCC(CN)Cc1ccco1. The van der Waals surface area contributed by atoms with Crippen LogP contribution in [-0.2, 0) is 6.42 Å². The summed E-state index contributed by atoms with van der Waals surface area (Å²) in [6.45, 7) is 0.738.